The van der Waals surface area contributed by atoms with Gasteiger partial charge in [-0.2, -0.15) is 0 Å². The predicted octanol–water partition coefficient (Wildman–Crippen LogP) is 4.37. The summed E-state index contributed by atoms with van der Waals surface area (Å²) in [5, 5.41) is 11.9. The lowest BCUT2D eigenvalue weighted by molar-refractivity contribution is -0.140. The highest BCUT2D eigenvalue weighted by atomic mass is 35.5. The third-order valence-electron chi connectivity index (χ3n) is 5.49. The van der Waals surface area contributed by atoms with Crippen LogP contribution in [0.1, 0.15) is 22.7 Å². The summed E-state index contributed by atoms with van der Waals surface area (Å²) < 4.78 is 10.8. The van der Waals surface area contributed by atoms with Gasteiger partial charge in [0, 0.05) is 24.0 Å². The molecule has 1 amide bonds. The van der Waals surface area contributed by atoms with Gasteiger partial charge in [-0.3, -0.25) is 14.6 Å². The van der Waals surface area contributed by atoms with E-state index in [2.05, 4.69) is 4.98 Å². The van der Waals surface area contributed by atoms with Crippen molar-refractivity contribution in [2.24, 2.45) is 0 Å². The number of methoxy groups -OCH3 is 2. The quantitative estimate of drug-likeness (QED) is 0.331. The summed E-state index contributed by atoms with van der Waals surface area (Å²) in [5.74, 6) is -1.28. The van der Waals surface area contributed by atoms with Gasteiger partial charge in [-0.25, -0.2) is 0 Å². The van der Waals surface area contributed by atoms with Crippen LogP contribution < -0.4 is 9.47 Å². The Labute approximate surface area is 195 Å². The number of ketones is 1. The van der Waals surface area contributed by atoms with Crippen LogP contribution in [0, 0.1) is 0 Å². The van der Waals surface area contributed by atoms with Crippen molar-refractivity contribution in [2.75, 3.05) is 14.2 Å². The lowest BCUT2D eigenvalue weighted by Crippen LogP contribution is -2.29. The standard InChI is InChI=1S/C25H21ClN2O5/c1-32-18-4-3-5-19(33-2)20(18)23(29)21-22(16-6-8-17(26)9-7-16)28(25(31)24(21)30)14-15-10-12-27-13-11-15/h3-13,22,29H,14H2,1-2H3/b23-21+. The molecule has 1 N–H and O–H groups in total. The fourth-order valence-corrected chi connectivity index (χ4v) is 4.06. The molecule has 0 saturated carbocycles. The Bertz CT molecular complexity index is 1200. The number of carbonyl (C=O) groups excluding carboxylic acids is 2. The molecule has 1 aliphatic heterocycles. The monoisotopic (exact) mass is 464 g/mol. The number of aliphatic hydroxyl groups is 1. The van der Waals surface area contributed by atoms with Gasteiger partial charge < -0.3 is 19.5 Å². The van der Waals surface area contributed by atoms with Crippen LogP contribution in [0.15, 0.2) is 72.6 Å². The Kier molecular flexibility index (Phi) is 6.33. The topological polar surface area (TPSA) is 89.0 Å². The second-order valence-electron chi connectivity index (χ2n) is 7.37. The summed E-state index contributed by atoms with van der Waals surface area (Å²) in [5.41, 5.74) is 1.56. The largest absolute Gasteiger partial charge is 0.506 e. The van der Waals surface area contributed by atoms with Crippen molar-refractivity contribution >= 4 is 29.1 Å². The molecule has 0 bridgehead atoms. The molecule has 33 heavy (non-hydrogen) atoms. The fraction of sp³-hybridized carbons (Fsp3) is 0.160. The number of ether oxygens (including phenoxy) is 2. The molecule has 2 aromatic carbocycles. The molecule has 4 rings (SSSR count). The van der Waals surface area contributed by atoms with Crippen molar-refractivity contribution in [3.8, 4) is 11.5 Å². The van der Waals surface area contributed by atoms with Gasteiger partial charge >= 0.3 is 0 Å². The molecule has 0 radical (unpaired) electrons. The third kappa shape index (κ3) is 4.15. The number of hydrogen-bond donors (Lipinski definition) is 1. The van der Waals surface area contributed by atoms with E-state index in [1.54, 1.807) is 67.0 Å². The molecule has 8 heteroatoms. The number of halogens is 1. The molecular formula is C25H21ClN2O5. The first-order valence-electron chi connectivity index (χ1n) is 10.1. The Morgan fingerprint density at radius 3 is 2.18 bits per heavy atom. The Morgan fingerprint density at radius 1 is 1.00 bits per heavy atom. The maximum Gasteiger partial charge on any atom is 0.295 e. The summed E-state index contributed by atoms with van der Waals surface area (Å²) >= 11 is 6.07. The van der Waals surface area contributed by atoms with Gasteiger partial charge in [0.2, 0.25) is 0 Å². The Hall–Kier alpha value is -3.84. The molecule has 7 nitrogen and oxygen atoms in total. The van der Waals surface area contributed by atoms with Gasteiger partial charge in [-0.05, 0) is 47.5 Å². The number of Topliss-reactive ketones (excluding diaryl/α,β-unsaturated/α-hetero) is 1. The lowest BCUT2D eigenvalue weighted by atomic mass is 9.94. The number of benzene rings is 2. The lowest BCUT2D eigenvalue weighted by Gasteiger charge is -2.25. The van der Waals surface area contributed by atoms with Crippen molar-refractivity contribution in [3.63, 3.8) is 0 Å². The van der Waals surface area contributed by atoms with Crippen molar-refractivity contribution in [2.45, 2.75) is 12.6 Å². The van der Waals surface area contributed by atoms with Gasteiger partial charge in [0.15, 0.2) is 0 Å². The molecule has 1 aromatic heterocycles. The summed E-state index contributed by atoms with van der Waals surface area (Å²) in [7, 11) is 2.90. The van der Waals surface area contributed by atoms with E-state index >= 15 is 0 Å². The number of carbonyl (C=O) groups is 2. The van der Waals surface area contributed by atoms with Gasteiger partial charge in [0.25, 0.3) is 11.7 Å². The molecule has 2 heterocycles. The van der Waals surface area contributed by atoms with Crippen molar-refractivity contribution in [3.05, 3.63) is 94.3 Å². The van der Waals surface area contributed by atoms with E-state index < -0.39 is 17.7 Å². The molecule has 0 aliphatic carbocycles. The highest BCUT2D eigenvalue weighted by Gasteiger charge is 2.46. The first kappa shape index (κ1) is 22.4. The van der Waals surface area contributed by atoms with Gasteiger partial charge in [-0.1, -0.05) is 29.8 Å². The summed E-state index contributed by atoms with van der Waals surface area (Å²) in [4.78, 5) is 31.8. The zero-order valence-electron chi connectivity index (χ0n) is 18.0. The number of likely N-dealkylation sites (tertiary alicyclic amines) is 1. The number of rotatable bonds is 6. The highest BCUT2D eigenvalue weighted by Crippen LogP contribution is 2.44. The number of pyridine rings is 1. The Morgan fingerprint density at radius 2 is 1.61 bits per heavy atom. The minimum atomic E-state index is -0.843. The van der Waals surface area contributed by atoms with E-state index in [1.807, 2.05) is 0 Å². The Balaban J connectivity index is 1.93. The zero-order valence-corrected chi connectivity index (χ0v) is 18.7. The minimum absolute atomic E-state index is 0.0563. The molecule has 1 unspecified atom stereocenters. The maximum atomic E-state index is 13.2. The van der Waals surface area contributed by atoms with Crippen LogP contribution in [0.3, 0.4) is 0 Å². The molecular weight excluding hydrogens is 444 g/mol. The average molecular weight is 465 g/mol. The number of nitrogens with zero attached hydrogens (tertiary/aromatic N) is 2. The first-order chi connectivity index (χ1) is 16.0. The van der Waals surface area contributed by atoms with Crippen LogP contribution in [0.25, 0.3) is 5.76 Å². The minimum Gasteiger partial charge on any atom is -0.506 e. The highest BCUT2D eigenvalue weighted by molar-refractivity contribution is 6.46. The first-order valence-corrected chi connectivity index (χ1v) is 10.5. The molecule has 1 fully saturated rings. The molecule has 3 aromatic rings. The van der Waals surface area contributed by atoms with E-state index in [9.17, 15) is 14.7 Å². The van der Waals surface area contributed by atoms with Crippen molar-refractivity contribution in [1.29, 1.82) is 0 Å². The molecule has 1 saturated heterocycles. The SMILES string of the molecule is COc1cccc(OC)c1/C(O)=C1\C(=O)C(=O)N(Cc2ccncc2)C1c1ccc(Cl)cc1. The van der Waals surface area contributed by atoms with Crippen LogP contribution in [-0.2, 0) is 16.1 Å². The van der Waals surface area contributed by atoms with Crippen LogP contribution in [0.5, 0.6) is 11.5 Å². The number of hydrogen-bond acceptors (Lipinski definition) is 6. The number of aliphatic hydroxyl groups excluding tert-OH is 1. The van der Waals surface area contributed by atoms with E-state index in [0.29, 0.717) is 22.1 Å². The molecule has 168 valence electrons. The van der Waals surface area contributed by atoms with E-state index in [0.717, 1.165) is 5.56 Å². The third-order valence-corrected chi connectivity index (χ3v) is 5.74. The van der Waals surface area contributed by atoms with E-state index in [4.69, 9.17) is 21.1 Å². The van der Waals surface area contributed by atoms with E-state index in [1.165, 1.54) is 19.1 Å². The van der Waals surface area contributed by atoms with Crippen LogP contribution >= 0.6 is 11.6 Å². The molecule has 1 atom stereocenters. The second kappa shape index (κ2) is 9.34. The fourth-order valence-electron chi connectivity index (χ4n) is 3.94. The van der Waals surface area contributed by atoms with Crippen LogP contribution in [0.2, 0.25) is 5.02 Å². The molecule has 1 aliphatic rings. The predicted molar refractivity (Wildman–Crippen MR) is 123 cm³/mol. The van der Waals surface area contributed by atoms with Gasteiger partial charge in [-0.15, -0.1) is 0 Å². The van der Waals surface area contributed by atoms with Crippen molar-refractivity contribution < 1.29 is 24.2 Å². The maximum absolute atomic E-state index is 13.2. The van der Waals surface area contributed by atoms with Crippen LogP contribution in [0.4, 0.5) is 0 Å². The van der Waals surface area contributed by atoms with E-state index in [-0.39, 0.29) is 23.4 Å². The summed E-state index contributed by atoms with van der Waals surface area (Å²) in [6.45, 7) is 0.153. The summed E-state index contributed by atoms with van der Waals surface area (Å²) in [6.07, 6.45) is 3.23. The number of amides is 1. The molecule has 0 spiro atoms. The normalized spacial score (nSPS) is 17.3. The summed E-state index contributed by atoms with van der Waals surface area (Å²) in [6, 6.07) is 14.5. The average Bonchev–Trinajstić information content (AvgIpc) is 3.09. The van der Waals surface area contributed by atoms with Gasteiger partial charge in [0.05, 0.1) is 25.8 Å². The second-order valence-corrected chi connectivity index (χ2v) is 7.81. The smallest absolute Gasteiger partial charge is 0.295 e. The number of aromatic nitrogens is 1. The van der Waals surface area contributed by atoms with Gasteiger partial charge in [0.1, 0.15) is 22.8 Å². The zero-order chi connectivity index (χ0) is 23.5. The van der Waals surface area contributed by atoms with Crippen LogP contribution in [-0.4, -0.2) is 40.9 Å². The van der Waals surface area contributed by atoms with Crippen molar-refractivity contribution in [1.82, 2.24) is 9.88 Å².